The quantitative estimate of drug-likeness (QED) is 0.765. The summed E-state index contributed by atoms with van der Waals surface area (Å²) in [4.78, 5) is 26.7. The van der Waals surface area contributed by atoms with Crippen LogP contribution in [0.25, 0.3) is 10.9 Å². The van der Waals surface area contributed by atoms with Crippen LogP contribution in [0.15, 0.2) is 23.1 Å². The number of aromatic amines is 1. The first-order chi connectivity index (χ1) is 11.7. The number of carbonyl (C=O) groups excluding carboxylic acids is 2. The van der Waals surface area contributed by atoms with Gasteiger partial charge in [-0.25, -0.2) is 8.42 Å². The van der Waals surface area contributed by atoms with Crippen molar-refractivity contribution in [2.75, 3.05) is 6.61 Å². The summed E-state index contributed by atoms with van der Waals surface area (Å²) in [5.74, 6) is -1.72. The highest BCUT2D eigenvalue weighted by molar-refractivity contribution is 7.94. The molecule has 1 saturated carbocycles. The molecule has 1 aromatic carbocycles. The van der Waals surface area contributed by atoms with Gasteiger partial charge in [-0.05, 0) is 44.4 Å². The Hall–Kier alpha value is -2.06. The first kappa shape index (κ1) is 17.8. The monoisotopic (exact) mass is 384 g/mol. The summed E-state index contributed by atoms with van der Waals surface area (Å²) in [6.45, 7) is 1.68. The van der Waals surface area contributed by atoms with Gasteiger partial charge in [0.2, 0.25) is 0 Å². The van der Waals surface area contributed by atoms with E-state index in [1.165, 1.54) is 6.07 Å². The molecule has 2 aromatic rings. The molecule has 1 aliphatic rings. The second kappa shape index (κ2) is 6.03. The van der Waals surface area contributed by atoms with Crippen molar-refractivity contribution in [3.63, 3.8) is 0 Å². The van der Waals surface area contributed by atoms with Crippen LogP contribution in [-0.2, 0) is 19.4 Å². The van der Waals surface area contributed by atoms with Gasteiger partial charge in [0.1, 0.15) is 10.6 Å². The minimum atomic E-state index is -4.23. The first-order valence-electron chi connectivity index (χ1n) is 7.77. The molecule has 3 N–H and O–H groups in total. The summed E-state index contributed by atoms with van der Waals surface area (Å²) in [6.07, 6.45) is 0.853. The van der Waals surface area contributed by atoms with Crippen LogP contribution in [0.3, 0.4) is 0 Å². The van der Waals surface area contributed by atoms with Gasteiger partial charge in [0.25, 0.3) is 5.91 Å². The lowest BCUT2D eigenvalue weighted by atomic mass is 9.84. The van der Waals surface area contributed by atoms with Gasteiger partial charge in [-0.3, -0.25) is 9.59 Å². The molecule has 1 fully saturated rings. The van der Waals surface area contributed by atoms with Crippen LogP contribution in [0.2, 0.25) is 5.02 Å². The molecule has 0 bridgehead atoms. The number of rotatable bonds is 5. The van der Waals surface area contributed by atoms with Gasteiger partial charge in [-0.15, -0.1) is 0 Å². The lowest BCUT2D eigenvalue weighted by Gasteiger charge is -2.38. The van der Waals surface area contributed by atoms with Crippen molar-refractivity contribution in [3.8, 4) is 0 Å². The standard InChI is InChI=1S/C16H17ClN2O5S/c1-2-24-15(21)16(6-3-7-16)25(22,23)13-10-8-9(17)4-5-11(10)19-12(13)14(18)20/h4-5,8,19H,2-3,6-7H2,1H3,(H2,18,20). The van der Waals surface area contributed by atoms with Crippen LogP contribution in [-0.4, -0.2) is 36.6 Å². The van der Waals surface area contributed by atoms with E-state index in [1.807, 2.05) is 0 Å². The van der Waals surface area contributed by atoms with Gasteiger partial charge in [-0.1, -0.05) is 11.6 Å². The number of carbonyl (C=O) groups is 2. The fraction of sp³-hybridized carbons (Fsp3) is 0.375. The highest BCUT2D eigenvalue weighted by Crippen LogP contribution is 2.46. The van der Waals surface area contributed by atoms with Crippen molar-refractivity contribution in [2.45, 2.75) is 35.8 Å². The summed E-state index contributed by atoms with van der Waals surface area (Å²) in [5, 5.41) is 0.537. The molecular weight excluding hydrogens is 368 g/mol. The summed E-state index contributed by atoms with van der Waals surface area (Å²) in [7, 11) is -4.23. The van der Waals surface area contributed by atoms with E-state index in [2.05, 4.69) is 4.98 Å². The summed E-state index contributed by atoms with van der Waals surface area (Å²) in [5.41, 5.74) is 5.51. The number of halogens is 1. The normalized spacial score (nSPS) is 16.4. The third kappa shape index (κ3) is 2.51. The number of H-pyrrole nitrogens is 1. The molecule has 0 atom stereocenters. The third-order valence-corrected chi connectivity index (χ3v) is 7.35. The topological polar surface area (TPSA) is 119 Å². The van der Waals surface area contributed by atoms with Crippen LogP contribution in [0.5, 0.6) is 0 Å². The Morgan fingerprint density at radius 2 is 2.04 bits per heavy atom. The molecule has 0 spiro atoms. The maximum absolute atomic E-state index is 13.4. The Labute approximate surface area is 149 Å². The minimum Gasteiger partial charge on any atom is -0.465 e. The molecule has 1 heterocycles. The fourth-order valence-electron chi connectivity index (χ4n) is 3.13. The number of fused-ring (bicyclic) bond motifs is 1. The number of sulfone groups is 1. The second-order valence-electron chi connectivity index (χ2n) is 5.96. The Bertz CT molecular complexity index is 976. The number of esters is 1. The van der Waals surface area contributed by atoms with Crippen molar-refractivity contribution in [3.05, 3.63) is 28.9 Å². The van der Waals surface area contributed by atoms with E-state index in [0.29, 0.717) is 17.0 Å². The second-order valence-corrected chi connectivity index (χ2v) is 8.59. The van der Waals surface area contributed by atoms with Gasteiger partial charge >= 0.3 is 5.97 Å². The summed E-state index contributed by atoms with van der Waals surface area (Å²) < 4.78 is 30.1. The Balaban J connectivity index is 2.30. The van der Waals surface area contributed by atoms with Crippen LogP contribution >= 0.6 is 11.6 Å². The summed E-state index contributed by atoms with van der Waals surface area (Å²) in [6, 6.07) is 4.55. The SMILES string of the molecule is CCOC(=O)C1(S(=O)(=O)c2c(C(N)=O)[nH]c3ccc(Cl)cc23)CCC1. The number of aromatic nitrogens is 1. The largest absolute Gasteiger partial charge is 0.465 e. The van der Waals surface area contributed by atoms with Crippen LogP contribution in [0.4, 0.5) is 0 Å². The molecule has 134 valence electrons. The number of amides is 1. The van der Waals surface area contributed by atoms with Crippen molar-refractivity contribution < 1.29 is 22.7 Å². The lowest BCUT2D eigenvalue weighted by molar-refractivity contribution is -0.148. The summed E-state index contributed by atoms with van der Waals surface area (Å²) >= 11 is 5.99. The van der Waals surface area contributed by atoms with Crippen molar-refractivity contribution in [1.82, 2.24) is 4.98 Å². The molecule has 0 radical (unpaired) electrons. The molecular formula is C16H17ClN2O5S. The van der Waals surface area contributed by atoms with E-state index in [-0.39, 0.29) is 35.4 Å². The van der Waals surface area contributed by atoms with Crippen molar-refractivity contribution in [1.29, 1.82) is 0 Å². The Kier molecular flexibility index (Phi) is 4.28. The minimum absolute atomic E-state index is 0.0679. The number of benzene rings is 1. The molecule has 7 nitrogen and oxygen atoms in total. The number of primary amides is 1. The van der Waals surface area contributed by atoms with E-state index in [4.69, 9.17) is 22.1 Å². The molecule has 3 rings (SSSR count). The van der Waals surface area contributed by atoms with Crippen LogP contribution in [0.1, 0.15) is 36.7 Å². The maximum atomic E-state index is 13.4. The van der Waals surface area contributed by atoms with E-state index >= 15 is 0 Å². The maximum Gasteiger partial charge on any atom is 0.327 e. The molecule has 1 amide bonds. The lowest BCUT2D eigenvalue weighted by Crippen LogP contribution is -2.53. The van der Waals surface area contributed by atoms with E-state index in [9.17, 15) is 18.0 Å². The Morgan fingerprint density at radius 3 is 2.56 bits per heavy atom. The highest BCUT2D eigenvalue weighted by Gasteiger charge is 2.58. The van der Waals surface area contributed by atoms with E-state index in [0.717, 1.165) is 0 Å². The number of ether oxygens (including phenoxy) is 1. The van der Waals surface area contributed by atoms with Gasteiger partial charge < -0.3 is 15.5 Å². The highest BCUT2D eigenvalue weighted by atomic mass is 35.5. The third-order valence-electron chi connectivity index (χ3n) is 4.55. The molecule has 25 heavy (non-hydrogen) atoms. The van der Waals surface area contributed by atoms with Gasteiger partial charge in [0, 0.05) is 15.9 Å². The van der Waals surface area contributed by atoms with Crippen molar-refractivity contribution in [2.24, 2.45) is 5.73 Å². The number of nitrogens with two attached hydrogens (primary N) is 1. The fourth-order valence-corrected chi connectivity index (χ4v) is 5.68. The predicted octanol–water partition coefficient (Wildman–Crippen LogP) is 2.18. The number of hydrogen-bond donors (Lipinski definition) is 2. The van der Waals surface area contributed by atoms with Gasteiger partial charge in [0.15, 0.2) is 14.6 Å². The van der Waals surface area contributed by atoms with Gasteiger partial charge in [0.05, 0.1) is 6.61 Å². The molecule has 1 aliphatic carbocycles. The zero-order chi connectivity index (χ0) is 18.4. The average Bonchev–Trinajstić information content (AvgIpc) is 2.85. The molecule has 0 unspecified atom stereocenters. The molecule has 0 saturated heterocycles. The van der Waals surface area contributed by atoms with E-state index < -0.39 is 26.5 Å². The molecule has 1 aromatic heterocycles. The van der Waals surface area contributed by atoms with E-state index in [1.54, 1.807) is 19.1 Å². The average molecular weight is 385 g/mol. The zero-order valence-electron chi connectivity index (χ0n) is 13.5. The zero-order valence-corrected chi connectivity index (χ0v) is 15.0. The molecule has 9 heteroatoms. The number of nitrogens with one attached hydrogen (secondary N) is 1. The predicted molar refractivity (Wildman–Crippen MR) is 92.2 cm³/mol. The van der Waals surface area contributed by atoms with Crippen molar-refractivity contribution >= 4 is 44.2 Å². The van der Waals surface area contributed by atoms with Crippen LogP contribution in [0, 0.1) is 0 Å². The molecule has 0 aliphatic heterocycles. The van der Waals surface area contributed by atoms with Crippen LogP contribution < -0.4 is 5.73 Å². The first-order valence-corrected chi connectivity index (χ1v) is 9.63. The smallest absolute Gasteiger partial charge is 0.327 e. The Morgan fingerprint density at radius 1 is 1.36 bits per heavy atom. The van der Waals surface area contributed by atoms with Gasteiger partial charge in [-0.2, -0.15) is 0 Å². The number of hydrogen-bond acceptors (Lipinski definition) is 5.